The van der Waals surface area contributed by atoms with Gasteiger partial charge in [-0.25, -0.2) is 4.79 Å². The van der Waals surface area contributed by atoms with Gasteiger partial charge in [-0.3, -0.25) is 9.48 Å². The molecule has 0 aliphatic carbocycles. The second kappa shape index (κ2) is 10.4. The number of carbonyl (C=O) groups is 2. The largest absolute Gasteiger partial charge is 0.478 e. The van der Waals surface area contributed by atoms with E-state index in [1.807, 2.05) is 38.2 Å². The van der Waals surface area contributed by atoms with E-state index in [-0.39, 0.29) is 5.91 Å². The third-order valence-corrected chi connectivity index (χ3v) is 6.55. The number of hydrogen-bond donors (Lipinski definition) is 2. The third kappa shape index (κ3) is 5.70. The van der Waals surface area contributed by atoms with Gasteiger partial charge in [-0.1, -0.05) is 24.3 Å². The average Bonchev–Trinajstić information content (AvgIpc) is 3.26. The van der Waals surface area contributed by atoms with E-state index < -0.39 is 11.6 Å². The third-order valence-electron chi connectivity index (χ3n) is 6.55. The summed E-state index contributed by atoms with van der Waals surface area (Å²) in [5.74, 6) is -0.793. The molecule has 2 heterocycles. The lowest BCUT2D eigenvalue weighted by atomic mass is 10.1. The van der Waals surface area contributed by atoms with Gasteiger partial charge in [-0.05, 0) is 75.4 Å². The SMILES string of the molecule is Cc1cc(CNC(=O)c2cc(-c3cccc(N4CCCCC4)c3)n(C)n2)ccc1OC(C)(C)C(=O)O. The zero-order valence-corrected chi connectivity index (χ0v) is 21.4. The number of hydrogen-bond acceptors (Lipinski definition) is 5. The highest BCUT2D eigenvalue weighted by molar-refractivity contribution is 5.93. The van der Waals surface area contributed by atoms with Gasteiger partial charge in [0, 0.05) is 37.9 Å². The number of carbonyl (C=O) groups excluding carboxylic acids is 1. The van der Waals surface area contributed by atoms with Crippen molar-refractivity contribution in [2.24, 2.45) is 7.05 Å². The van der Waals surface area contributed by atoms with E-state index in [1.165, 1.54) is 38.8 Å². The van der Waals surface area contributed by atoms with Crippen LogP contribution in [0.25, 0.3) is 11.3 Å². The summed E-state index contributed by atoms with van der Waals surface area (Å²) in [4.78, 5) is 26.6. The average molecular weight is 491 g/mol. The number of aliphatic carboxylic acids is 1. The Balaban J connectivity index is 1.42. The Morgan fingerprint density at radius 3 is 2.53 bits per heavy atom. The molecule has 8 heteroatoms. The molecule has 190 valence electrons. The number of piperidine rings is 1. The van der Waals surface area contributed by atoms with Crippen molar-refractivity contribution in [2.75, 3.05) is 18.0 Å². The standard InChI is InChI=1S/C28H34N4O4/c1-19-15-20(11-12-25(19)36-28(2,3)27(34)35)18-29-26(33)23-17-24(31(4)30-23)21-9-8-10-22(16-21)32-13-6-5-7-14-32/h8-12,15-17H,5-7,13-14,18H2,1-4H3,(H,29,33)(H,34,35). The number of nitrogens with one attached hydrogen (secondary N) is 1. The summed E-state index contributed by atoms with van der Waals surface area (Å²) >= 11 is 0. The molecule has 1 aliphatic heterocycles. The number of aryl methyl sites for hydroxylation is 2. The first-order valence-corrected chi connectivity index (χ1v) is 12.3. The molecule has 1 saturated heterocycles. The number of amides is 1. The van der Waals surface area contributed by atoms with Gasteiger partial charge in [0.25, 0.3) is 5.91 Å². The zero-order chi connectivity index (χ0) is 25.9. The van der Waals surface area contributed by atoms with Crippen LogP contribution in [0.3, 0.4) is 0 Å². The number of carboxylic acid groups (broad SMARTS) is 1. The van der Waals surface area contributed by atoms with Gasteiger partial charge in [0.05, 0.1) is 5.69 Å². The molecule has 0 radical (unpaired) electrons. The van der Waals surface area contributed by atoms with Gasteiger partial charge in [-0.15, -0.1) is 0 Å². The fourth-order valence-corrected chi connectivity index (χ4v) is 4.39. The van der Waals surface area contributed by atoms with Crippen molar-refractivity contribution in [3.8, 4) is 17.0 Å². The smallest absolute Gasteiger partial charge is 0.347 e. The minimum atomic E-state index is -1.33. The number of anilines is 1. The van der Waals surface area contributed by atoms with Gasteiger partial charge < -0.3 is 20.1 Å². The molecule has 1 aliphatic rings. The number of ether oxygens (including phenoxy) is 1. The maximum absolute atomic E-state index is 12.9. The molecule has 1 amide bonds. The molecule has 36 heavy (non-hydrogen) atoms. The van der Waals surface area contributed by atoms with E-state index in [0.29, 0.717) is 18.0 Å². The molecule has 0 saturated carbocycles. The Kier molecular flexibility index (Phi) is 7.33. The van der Waals surface area contributed by atoms with Crippen molar-refractivity contribution in [3.63, 3.8) is 0 Å². The molecule has 3 aromatic rings. The van der Waals surface area contributed by atoms with Crippen LogP contribution < -0.4 is 15.0 Å². The van der Waals surface area contributed by atoms with Gasteiger partial charge >= 0.3 is 5.97 Å². The highest BCUT2D eigenvalue weighted by Crippen LogP contribution is 2.27. The molecule has 2 aromatic carbocycles. The van der Waals surface area contributed by atoms with Crippen LogP contribution in [0.2, 0.25) is 0 Å². The molecule has 0 spiro atoms. The van der Waals surface area contributed by atoms with Crippen LogP contribution in [0.1, 0.15) is 54.7 Å². The maximum atomic E-state index is 12.9. The normalized spacial score (nSPS) is 13.9. The summed E-state index contributed by atoms with van der Waals surface area (Å²) in [6, 6.07) is 15.7. The van der Waals surface area contributed by atoms with Crippen LogP contribution in [0.5, 0.6) is 5.75 Å². The first-order chi connectivity index (χ1) is 17.1. The van der Waals surface area contributed by atoms with E-state index in [2.05, 4.69) is 33.5 Å². The predicted molar refractivity (Wildman–Crippen MR) is 139 cm³/mol. The number of nitrogens with zero attached hydrogens (tertiary/aromatic N) is 3. The topological polar surface area (TPSA) is 96.7 Å². The van der Waals surface area contributed by atoms with Crippen molar-refractivity contribution in [1.29, 1.82) is 0 Å². The summed E-state index contributed by atoms with van der Waals surface area (Å²) in [5, 5.41) is 16.7. The Hall–Kier alpha value is -3.81. The molecule has 0 bridgehead atoms. The minimum absolute atomic E-state index is 0.256. The number of benzene rings is 2. The molecule has 2 N–H and O–H groups in total. The quantitative estimate of drug-likeness (QED) is 0.481. The summed E-state index contributed by atoms with van der Waals surface area (Å²) in [7, 11) is 1.85. The van der Waals surface area contributed by atoms with Crippen LogP contribution in [0, 0.1) is 6.92 Å². The Bertz CT molecular complexity index is 1260. The highest BCUT2D eigenvalue weighted by Gasteiger charge is 2.30. The lowest BCUT2D eigenvalue weighted by Gasteiger charge is -2.29. The second-order valence-corrected chi connectivity index (χ2v) is 9.84. The number of rotatable bonds is 8. The first-order valence-electron chi connectivity index (χ1n) is 12.3. The van der Waals surface area contributed by atoms with Crippen molar-refractivity contribution in [1.82, 2.24) is 15.1 Å². The van der Waals surface area contributed by atoms with Crippen LogP contribution in [-0.2, 0) is 18.4 Å². The van der Waals surface area contributed by atoms with Crippen molar-refractivity contribution in [2.45, 2.75) is 52.2 Å². The summed E-state index contributed by atoms with van der Waals surface area (Å²) in [6.45, 7) is 7.33. The van der Waals surface area contributed by atoms with E-state index in [0.717, 1.165) is 35.5 Å². The predicted octanol–water partition coefficient (Wildman–Crippen LogP) is 4.56. The van der Waals surface area contributed by atoms with Gasteiger partial charge in [-0.2, -0.15) is 5.10 Å². The van der Waals surface area contributed by atoms with Crippen LogP contribution in [-0.4, -0.2) is 45.5 Å². The van der Waals surface area contributed by atoms with Crippen LogP contribution in [0.15, 0.2) is 48.5 Å². The first kappa shape index (κ1) is 25.3. The lowest BCUT2D eigenvalue weighted by molar-refractivity contribution is -0.152. The van der Waals surface area contributed by atoms with Gasteiger partial charge in [0.1, 0.15) is 5.75 Å². The Labute approximate surface area is 211 Å². The molecule has 1 fully saturated rings. The fraction of sp³-hybridized carbons (Fsp3) is 0.393. The molecular weight excluding hydrogens is 456 g/mol. The zero-order valence-electron chi connectivity index (χ0n) is 21.4. The summed E-state index contributed by atoms with van der Waals surface area (Å²) in [6.07, 6.45) is 3.72. The van der Waals surface area contributed by atoms with Crippen LogP contribution >= 0.6 is 0 Å². The van der Waals surface area contributed by atoms with Crippen molar-refractivity contribution < 1.29 is 19.4 Å². The monoisotopic (exact) mass is 490 g/mol. The highest BCUT2D eigenvalue weighted by atomic mass is 16.5. The molecule has 8 nitrogen and oxygen atoms in total. The molecule has 0 unspecified atom stereocenters. The Morgan fingerprint density at radius 1 is 1.08 bits per heavy atom. The van der Waals surface area contributed by atoms with E-state index in [4.69, 9.17) is 4.74 Å². The molecule has 1 aromatic heterocycles. The van der Waals surface area contributed by atoms with Crippen molar-refractivity contribution in [3.05, 3.63) is 65.4 Å². The fourth-order valence-electron chi connectivity index (χ4n) is 4.39. The van der Waals surface area contributed by atoms with Crippen molar-refractivity contribution >= 4 is 17.6 Å². The maximum Gasteiger partial charge on any atom is 0.347 e. The minimum Gasteiger partial charge on any atom is -0.478 e. The molecule has 0 atom stereocenters. The van der Waals surface area contributed by atoms with E-state index in [9.17, 15) is 14.7 Å². The van der Waals surface area contributed by atoms with Gasteiger partial charge in [0.15, 0.2) is 11.3 Å². The molecule has 4 rings (SSSR count). The van der Waals surface area contributed by atoms with E-state index in [1.54, 1.807) is 10.7 Å². The molecular formula is C28H34N4O4. The van der Waals surface area contributed by atoms with E-state index >= 15 is 0 Å². The van der Waals surface area contributed by atoms with Gasteiger partial charge in [0.2, 0.25) is 0 Å². The Morgan fingerprint density at radius 2 is 1.83 bits per heavy atom. The number of aromatic nitrogens is 2. The summed E-state index contributed by atoms with van der Waals surface area (Å²) in [5.41, 5.74) is 3.83. The number of carboxylic acids is 1. The second-order valence-electron chi connectivity index (χ2n) is 9.84. The lowest BCUT2D eigenvalue weighted by Crippen LogP contribution is -2.38. The van der Waals surface area contributed by atoms with Crippen LogP contribution in [0.4, 0.5) is 5.69 Å². The summed E-state index contributed by atoms with van der Waals surface area (Å²) < 4.78 is 7.39.